The Bertz CT molecular complexity index is 513. The summed E-state index contributed by atoms with van der Waals surface area (Å²) in [5.74, 6) is -0.632. The van der Waals surface area contributed by atoms with Crippen molar-refractivity contribution in [1.82, 2.24) is 4.90 Å². The third-order valence-corrected chi connectivity index (χ3v) is 4.23. The second kappa shape index (κ2) is 6.61. The number of carboxylic acid groups (broad SMARTS) is 1. The molecule has 5 nitrogen and oxygen atoms in total. The zero-order chi connectivity index (χ0) is 15.4. The van der Waals surface area contributed by atoms with Gasteiger partial charge in [0.25, 0.3) is 0 Å². The van der Waals surface area contributed by atoms with E-state index in [1.807, 2.05) is 12.1 Å². The number of carbonyl (C=O) groups excluding carboxylic acids is 1. The van der Waals surface area contributed by atoms with Crippen LogP contribution < -0.4 is 5.73 Å². The topological polar surface area (TPSA) is 83.6 Å². The number of amides is 1. The first kappa shape index (κ1) is 15.4. The van der Waals surface area contributed by atoms with Crippen LogP contribution in [0.5, 0.6) is 0 Å². The minimum atomic E-state index is -0.904. The molecule has 0 saturated carbocycles. The van der Waals surface area contributed by atoms with E-state index >= 15 is 0 Å². The number of piperidine rings is 1. The molecule has 1 heterocycles. The maximum Gasteiger partial charge on any atom is 0.326 e. The number of anilines is 1. The van der Waals surface area contributed by atoms with Crippen LogP contribution in [0.3, 0.4) is 0 Å². The predicted molar refractivity (Wildman–Crippen MR) is 80.7 cm³/mol. The van der Waals surface area contributed by atoms with Crippen LogP contribution in [0.25, 0.3) is 0 Å². The van der Waals surface area contributed by atoms with Gasteiger partial charge in [-0.1, -0.05) is 25.5 Å². The van der Waals surface area contributed by atoms with E-state index in [4.69, 9.17) is 5.73 Å². The van der Waals surface area contributed by atoms with Crippen molar-refractivity contribution in [2.45, 2.75) is 38.6 Å². The Hall–Kier alpha value is -2.04. The standard InChI is InChI=1S/C16H22N2O3/c1-2-11-7-8-18(14(9-11)16(20)21)15(19)10-12-3-5-13(17)6-4-12/h3-6,11,14H,2,7-10,17H2,1H3,(H,20,21). The van der Waals surface area contributed by atoms with Crippen LogP contribution >= 0.6 is 0 Å². The van der Waals surface area contributed by atoms with E-state index in [2.05, 4.69) is 6.92 Å². The van der Waals surface area contributed by atoms with E-state index in [0.717, 1.165) is 18.4 Å². The highest BCUT2D eigenvalue weighted by Crippen LogP contribution is 2.26. The number of carbonyl (C=O) groups is 2. The van der Waals surface area contributed by atoms with E-state index in [1.54, 1.807) is 12.1 Å². The average Bonchev–Trinajstić information content (AvgIpc) is 2.48. The van der Waals surface area contributed by atoms with E-state index in [9.17, 15) is 14.7 Å². The normalized spacial score (nSPS) is 22.0. The van der Waals surface area contributed by atoms with Gasteiger partial charge in [0, 0.05) is 12.2 Å². The molecule has 114 valence electrons. The number of nitrogen functional groups attached to an aromatic ring is 1. The van der Waals surface area contributed by atoms with Crippen molar-refractivity contribution >= 4 is 17.6 Å². The molecule has 1 aromatic carbocycles. The minimum absolute atomic E-state index is 0.123. The fraction of sp³-hybridized carbons (Fsp3) is 0.500. The zero-order valence-corrected chi connectivity index (χ0v) is 12.3. The molecule has 2 atom stereocenters. The van der Waals surface area contributed by atoms with Crippen LogP contribution in [0.4, 0.5) is 5.69 Å². The van der Waals surface area contributed by atoms with Gasteiger partial charge in [-0.2, -0.15) is 0 Å². The molecule has 2 unspecified atom stereocenters. The van der Waals surface area contributed by atoms with Gasteiger partial charge in [-0.3, -0.25) is 4.79 Å². The Balaban J connectivity index is 2.06. The second-order valence-electron chi connectivity index (χ2n) is 5.66. The third-order valence-electron chi connectivity index (χ3n) is 4.23. The molecular weight excluding hydrogens is 268 g/mol. The van der Waals surface area contributed by atoms with Crippen molar-refractivity contribution in [3.8, 4) is 0 Å². The largest absolute Gasteiger partial charge is 0.480 e. The first-order valence-corrected chi connectivity index (χ1v) is 7.38. The van der Waals surface area contributed by atoms with Crippen LogP contribution in [0.2, 0.25) is 0 Å². The van der Waals surface area contributed by atoms with Crippen molar-refractivity contribution in [2.24, 2.45) is 5.92 Å². The molecule has 1 fully saturated rings. The molecule has 5 heteroatoms. The lowest BCUT2D eigenvalue weighted by atomic mass is 9.88. The van der Waals surface area contributed by atoms with Crippen molar-refractivity contribution < 1.29 is 14.7 Å². The summed E-state index contributed by atoms with van der Waals surface area (Å²) in [6, 6.07) is 6.43. The molecule has 1 aromatic rings. The highest BCUT2D eigenvalue weighted by molar-refractivity contribution is 5.85. The molecule has 1 aliphatic rings. The van der Waals surface area contributed by atoms with Crippen molar-refractivity contribution in [3.05, 3.63) is 29.8 Å². The number of hydrogen-bond donors (Lipinski definition) is 2. The summed E-state index contributed by atoms with van der Waals surface area (Å²) in [7, 11) is 0. The number of rotatable bonds is 4. The number of aliphatic carboxylic acids is 1. The second-order valence-corrected chi connectivity index (χ2v) is 5.66. The van der Waals surface area contributed by atoms with Gasteiger partial charge < -0.3 is 15.7 Å². The molecule has 1 aliphatic heterocycles. The Labute approximate surface area is 124 Å². The van der Waals surface area contributed by atoms with Gasteiger partial charge in [0.2, 0.25) is 5.91 Å². The Morgan fingerprint density at radius 3 is 2.57 bits per heavy atom. The lowest BCUT2D eigenvalue weighted by molar-refractivity contribution is -0.152. The van der Waals surface area contributed by atoms with Crippen LogP contribution in [-0.2, 0) is 16.0 Å². The molecule has 1 amide bonds. The summed E-state index contributed by atoms with van der Waals surface area (Å²) in [5, 5.41) is 9.36. The van der Waals surface area contributed by atoms with Crippen molar-refractivity contribution in [2.75, 3.05) is 12.3 Å². The first-order chi connectivity index (χ1) is 10.0. The maximum atomic E-state index is 12.4. The third kappa shape index (κ3) is 3.74. The van der Waals surface area contributed by atoms with Gasteiger partial charge in [0.1, 0.15) is 6.04 Å². The van der Waals surface area contributed by atoms with Crippen molar-refractivity contribution in [1.29, 1.82) is 0 Å². The zero-order valence-electron chi connectivity index (χ0n) is 12.3. The predicted octanol–water partition coefficient (Wildman–Crippen LogP) is 1.91. The van der Waals surface area contributed by atoms with Gasteiger partial charge in [-0.25, -0.2) is 4.79 Å². The summed E-state index contributed by atoms with van der Waals surface area (Å²) < 4.78 is 0. The van der Waals surface area contributed by atoms with Gasteiger partial charge in [0.05, 0.1) is 6.42 Å². The van der Waals surface area contributed by atoms with Crippen LogP contribution in [0, 0.1) is 5.92 Å². The number of hydrogen-bond acceptors (Lipinski definition) is 3. The number of nitrogens with two attached hydrogens (primary N) is 1. The highest BCUT2D eigenvalue weighted by Gasteiger charge is 2.35. The first-order valence-electron chi connectivity index (χ1n) is 7.38. The fourth-order valence-corrected chi connectivity index (χ4v) is 2.85. The molecular formula is C16H22N2O3. The Kier molecular flexibility index (Phi) is 4.83. The lowest BCUT2D eigenvalue weighted by Gasteiger charge is -2.37. The van der Waals surface area contributed by atoms with E-state index in [-0.39, 0.29) is 12.3 Å². The summed E-state index contributed by atoms with van der Waals surface area (Å²) in [6.45, 7) is 2.60. The summed E-state index contributed by atoms with van der Waals surface area (Å²) in [5.41, 5.74) is 7.13. The molecule has 0 radical (unpaired) electrons. The number of nitrogens with zero attached hydrogens (tertiary/aromatic N) is 1. The smallest absolute Gasteiger partial charge is 0.326 e. The summed E-state index contributed by atoms with van der Waals surface area (Å²) in [4.78, 5) is 25.3. The quantitative estimate of drug-likeness (QED) is 0.830. The number of likely N-dealkylation sites (tertiary alicyclic amines) is 1. The molecule has 0 bridgehead atoms. The Morgan fingerprint density at radius 1 is 1.33 bits per heavy atom. The Morgan fingerprint density at radius 2 is 2.00 bits per heavy atom. The van der Waals surface area contributed by atoms with E-state index in [1.165, 1.54) is 4.90 Å². The summed E-state index contributed by atoms with van der Waals surface area (Å²) >= 11 is 0. The van der Waals surface area contributed by atoms with E-state index in [0.29, 0.717) is 24.6 Å². The lowest BCUT2D eigenvalue weighted by Crippen LogP contribution is -2.50. The molecule has 3 N–H and O–H groups in total. The summed E-state index contributed by atoms with van der Waals surface area (Å²) in [6.07, 6.45) is 2.62. The van der Waals surface area contributed by atoms with Crippen LogP contribution in [0.15, 0.2) is 24.3 Å². The van der Waals surface area contributed by atoms with Crippen LogP contribution in [-0.4, -0.2) is 34.5 Å². The van der Waals surface area contributed by atoms with Gasteiger partial charge in [-0.15, -0.1) is 0 Å². The number of carboxylic acids is 1. The van der Waals surface area contributed by atoms with Gasteiger partial charge >= 0.3 is 5.97 Å². The monoisotopic (exact) mass is 290 g/mol. The minimum Gasteiger partial charge on any atom is -0.480 e. The average molecular weight is 290 g/mol. The fourth-order valence-electron chi connectivity index (χ4n) is 2.85. The maximum absolute atomic E-state index is 12.4. The van der Waals surface area contributed by atoms with Gasteiger partial charge in [-0.05, 0) is 36.5 Å². The molecule has 0 spiro atoms. The molecule has 0 aliphatic carbocycles. The number of benzene rings is 1. The van der Waals surface area contributed by atoms with Crippen molar-refractivity contribution in [3.63, 3.8) is 0 Å². The molecule has 0 aromatic heterocycles. The highest BCUT2D eigenvalue weighted by atomic mass is 16.4. The molecule has 2 rings (SSSR count). The molecule has 21 heavy (non-hydrogen) atoms. The van der Waals surface area contributed by atoms with Crippen LogP contribution in [0.1, 0.15) is 31.7 Å². The van der Waals surface area contributed by atoms with E-state index < -0.39 is 12.0 Å². The molecule has 1 saturated heterocycles. The SMILES string of the molecule is CCC1CCN(C(=O)Cc2ccc(N)cc2)C(C(=O)O)C1. The van der Waals surface area contributed by atoms with Gasteiger partial charge in [0.15, 0.2) is 0 Å².